The van der Waals surface area contributed by atoms with Gasteiger partial charge in [-0.05, 0) is 38.1 Å². The van der Waals surface area contributed by atoms with Crippen molar-refractivity contribution in [2.75, 3.05) is 27.9 Å². The molecule has 9 nitrogen and oxygen atoms in total. The maximum absolute atomic E-state index is 12.8. The van der Waals surface area contributed by atoms with E-state index in [9.17, 15) is 9.59 Å². The number of rotatable bonds is 10. The van der Waals surface area contributed by atoms with Gasteiger partial charge in [-0.2, -0.15) is 0 Å². The molecular formula is C24H29N3O6. The quantitative estimate of drug-likeness (QED) is 0.469. The number of nitrogens with zero attached hydrogens (tertiary/aromatic N) is 2. The van der Waals surface area contributed by atoms with Crippen LogP contribution in [0.3, 0.4) is 0 Å². The molecule has 176 valence electrons. The Morgan fingerprint density at radius 3 is 2.30 bits per heavy atom. The molecule has 0 spiro atoms. The Hall–Kier alpha value is -3.75. The summed E-state index contributed by atoms with van der Waals surface area (Å²) in [5.41, 5.74) is 1.99. The van der Waals surface area contributed by atoms with Crippen LogP contribution in [0.2, 0.25) is 0 Å². The number of amides is 1. The Morgan fingerprint density at radius 1 is 1.03 bits per heavy atom. The van der Waals surface area contributed by atoms with Gasteiger partial charge in [0.2, 0.25) is 5.75 Å². The molecule has 2 aromatic carbocycles. The largest absolute Gasteiger partial charge is 0.493 e. The number of methoxy groups -OCH3 is 3. The van der Waals surface area contributed by atoms with Crippen LogP contribution in [0.15, 0.2) is 36.4 Å². The van der Waals surface area contributed by atoms with E-state index in [0.29, 0.717) is 41.6 Å². The number of fused-ring (bicyclic) bond motifs is 1. The minimum Gasteiger partial charge on any atom is -0.493 e. The molecule has 1 heterocycles. The number of para-hydroxylation sites is 2. The van der Waals surface area contributed by atoms with E-state index in [1.807, 2.05) is 42.7 Å². The number of aromatic nitrogens is 2. The van der Waals surface area contributed by atoms with Gasteiger partial charge < -0.3 is 28.8 Å². The fourth-order valence-electron chi connectivity index (χ4n) is 3.52. The zero-order chi connectivity index (χ0) is 24.0. The molecule has 0 aliphatic heterocycles. The van der Waals surface area contributed by atoms with E-state index in [-0.39, 0.29) is 24.5 Å². The lowest BCUT2D eigenvalue weighted by Crippen LogP contribution is -2.27. The van der Waals surface area contributed by atoms with E-state index in [1.54, 1.807) is 12.1 Å². The lowest BCUT2D eigenvalue weighted by Gasteiger charge is -2.14. The van der Waals surface area contributed by atoms with Crippen LogP contribution in [0.4, 0.5) is 0 Å². The Morgan fingerprint density at radius 2 is 1.70 bits per heavy atom. The minimum atomic E-state index is -0.337. The zero-order valence-electron chi connectivity index (χ0n) is 19.5. The number of nitrogens with one attached hydrogen (secondary N) is 1. The Bertz CT molecular complexity index is 1110. The molecular weight excluding hydrogens is 426 g/mol. The summed E-state index contributed by atoms with van der Waals surface area (Å²) in [5.74, 6) is 1.26. The van der Waals surface area contributed by atoms with E-state index >= 15 is 0 Å². The predicted molar refractivity (Wildman–Crippen MR) is 123 cm³/mol. The Balaban J connectivity index is 1.75. The molecule has 0 saturated heterocycles. The average Bonchev–Trinajstić information content (AvgIpc) is 3.14. The average molecular weight is 456 g/mol. The first kappa shape index (κ1) is 23.9. The van der Waals surface area contributed by atoms with Crippen LogP contribution < -0.4 is 19.5 Å². The van der Waals surface area contributed by atoms with Crippen molar-refractivity contribution in [1.82, 2.24) is 14.9 Å². The smallest absolute Gasteiger partial charge is 0.326 e. The third kappa shape index (κ3) is 5.54. The minimum absolute atomic E-state index is 0.0504. The standard InChI is InChI=1S/C24H29N3O6/c1-15(2)33-22(28)14-27-18-9-7-6-8-17(18)26-21(27)10-11-25-24(29)16-12-19(30-3)23(32-5)20(13-16)31-4/h6-9,12-13,15H,10-11,14H2,1-5H3,(H,25,29). The number of carbonyl (C=O) groups excluding carboxylic acids is 2. The van der Waals surface area contributed by atoms with Crippen LogP contribution >= 0.6 is 0 Å². The van der Waals surface area contributed by atoms with Gasteiger partial charge in [-0.15, -0.1) is 0 Å². The van der Waals surface area contributed by atoms with Gasteiger partial charge in [-0.3, -0.25) is 9.59 Å². The summed E-state index contributed by atoms with van der Waals surface area (Å²) in [7, 11) is 4.49. The van der Waals surface area contributed by atoms with Gasteiger partial charge in [0.05, 0.1) is 38.5 Å². The van der Waals surface area contributed by atoms with E-state index in [4.69, 9.17) is 18.9 Å². The monoisotopic (exact) mass is 455 g/mol. The summed E-state index contributed by atoms with van der Waals surface area (Å²) in [6.07, 6.45) is 0.230. The summed E-state index contributed by atoms with van der Waals surface area (Å²) in [4.78, 5) is 29.7. The third-order valence-corrected chi connectivity index (χ3v) is 4.95. The first-order valence-corrected chi connectivity index (χ1v) is 10.6. The van der Waals surface area contributed by atoms with Crippen molar-refractivity contribution in [3.05, 3.63) is 47.8 Å². The van der Waals surface area contributed by atoms with Crippen LogP contribution in [0, 0.1) is 0 Å². The second-order valence-electron chi connectivity index (χ2n) is 7.56. The highest BCUT2D eigenvalue weighted by Gasteiger charge is 2.18. The summed E-state index contributed by atoms with van der Waals surface area (Å²) in [6, 6.07) is 10.8. The van der Waals surface area contributed by atoms with Crippen molar-refractivity contribution in [3.63, 3.8) is 0 Å². The van der Waals surface area contributed by atoms with Crippen molar-refractivity contribution in [2.24, 2.45) is 0 Å². The number of hydrogen-bond donors (Lipinski definition) is 1. The van der Waals surface area contributed by atoms with Gasteiger partial charge in [0.25, 0.3) is 5.91 Å². The normalized spacial score (nSPS) is 10.8. The number of carbonyl (C=O) groups is 2. The molecule has 0 unspecified atom stereocenters. The van der Waals surface area contributed by atoms with Crippen molar-refractivity contribution in [1.29, 1.82) is 0 Å². The fraction of sp³-hybridized carbons (Fsp3) is 0.375. The van der Waals surface area contributed by atoms with Crippen LogP contribution in [0.25, 0.3) is 11.0 Å². The van der Waals surface area contributed by atoms with E-state index in [2.05, 4.69) is 10.3 Å². The molecule has 0 fully saturated rings. The number of esters is 1. The summed E-state index contributed by atoms with van der Waals surface area (Å²) in [5, 5.41) is 2.88. The molecule has 1 N–H and O–H groups in total. The van der Waals surface area contributed by atoms with Gasteiger partial charge in [0.1, 0.15) is 12.4 Å². The van der Waals surface area contributed by atoms with Crippen molar-refractivity contribution in [2.45, 2.75) is 32.9 Å². The Kier molecular flexibility index (Phi) is 7.76. The molecule has 0 bridgehead atoms. The molecule has 33 heavy (non-hydrogen) atoms. The second kappa shape index (κ2) is 10.7. The molecule has 0 radical (unpaired) electrons. The maximum atomic E-state index is 12.8. The van der Waals surface area contributed by atoms with E-state index in [0.717, 1.165) is 11.0 Å². The molecule has 3 rings (SSSR count). The van der Waals surface area contributed by atoms with Crippen molar-refractivity contribution in [3.8, 4) is 17.2 Å². The van der Waals surface area contributed by atoms with Crippen LogP contribution in [-0.4, -0.2) is 55.4 Å². The maximum Gasteiger partial charge on any atom is 0.326 e. The van der Waals surface area contributed by atoms with Crippen LogP contribution in [-0.2, 0) is 22.5 Å². The summed E-state index contributed by atoms with van der Waals surface area (Å²) >= 11 is 0. The van der Waals surface area contributed by atoms with Crippen molar-refractivity contribution < 1.29 is 28.5 Å². The number of ether oxygens (including phenoxy) is 4. The highest BCUT2D eigenvalue weighted by molar-refractivity contribution is 5.95. The SMILES string of the molecule is COc1cc(C(=O)NCCc2nc3ccccc3n2CC(=O)OC(C)C)cc(OC)c1OC. The molecule has 0 saturated carbocycles. The number of benzene rings is 2. The van der Waals surface area contributed by atoms with Gasteiger partial charge >= 0.3 is 5.97 Å². The van der Waals surface area contributed by atoms with Gasteiger partial charge in [0.15, 0.2) is 11.5 Å². The molecule has 0 aliphatic rings. The molecule has 1 amide bonds. The fourth-order valence-corrected chi connectivity index (χ4v) is 3.52. The second-order valence-corrected chi connectivity index (χ2v) is 7.56. The molecule has 0 atom stereocenters. The predicted octanol–water partition coefficient (Wildman–Crippen LogP) is 2.99. The van der Waals surface area contributed by atoms with Crippen LogP contribution in [0.5, 0.6) is 17.2 Å². The zero-order valence-corrected chi connectivity index (χ0v) is 19.5. The van der Waals surface area contributed by atoms with Crippen LogP contribution in [0.1, 0.15) is 30.0 Å². The summed E-state index contributed by atoms with van der Waals surface area (Å²) < 4.78 is 23.1. The highest BCUT2D eigenvalue weighted by Crippen LogP contribution is 2.38. The Labute approximate surface area is 192 Å². The van der Waals surface area contributed by atoms with E-state index < -0.39 is 0 Å². The molecule has 3 aromatic rings. The summed E-state index contributed by atoms with van der Waals surface area (Å²) in [6.45, 7) is 3.99. The highest BCUT2D eigenvalue weighted by atomic mass is 16.5. The van der Waals surface area contributed by atoms with Gasteiger partial charge in [0, 0.05) is 18.5 Å². The number of imidazole rings is 1. The lowest BCUT2D eigenvalue weighted by atomic mass is 10.1. The third-order valence-electron chi connectivity index (χ3n) is 4.95. The van der Waals surface area contributed by atoms with Gasteiger partial charge in [-0.25, -0.2) is 4.98 Å². The molecule has 9 heteroatoms. The molecule has 0 aliphatic carbocycles. The topological polar surface area (TPSA) is 101 Å². The number of hydrogen-bond acceptors (Lipinski definition) is 7. The first-order valence-electron chi connectivity index (χ1n) is 10.6. The molecule has 1 aromatic heterocycles. The van der Waals surface area contributed by atoms with E-state index in [1.165, 1.54) is 21.3 Å². The van der Waals surface area contributed by atoms with Crippen molar-refractivity contribution >= 4 is 22.9 Å². The van der Waals surface area contributed by atoms with Gasteiger partial charge in [-0.1, -0.05) is 12.1 Å². The lowest BCUT2D eigenvalue weighted by molar-refractivity contribution is -0.148. The first-order chi connectivity index (χ1) is 15.9.